The van der Waals surface area contributed by atoms with E-state index in [0.29, 0.717) is 13.2 Å². The topological polar surface area (TPSA) is 114 Å². The first-order valence-electron chi connectivity index (χ1n) is 5.96. The Labute approximate surface area is 116 Å². The van der Waals surface area contributed by atoms with Gasteiger partial charge < -0.3 is 9.84 Å². The molecule has 1 unspecified atom stereocenters. The molecule has 2 N–H and O–H groups in total. The van der Waals surface area contributed by atoms with E-state index < -0.39 is 22.2 Å². The third-order valence-corrected chi connectivity index (χ3v) is 4.46. The minimum Gasteiger partial charge on any atom is -0.480 e. The minimum absolute atomic E-state index is 0.203. The zero-order valence-corrected chi connectivity index (χ0v) is 11.7. The summed E-state index contributed by atoms with van der Waals surface area (Å²) in [5.41, 5.74) is 0.275. The highest BCUT2D eigenvalue weighted by molar-refractivity contribution is 7.87. The lowest BCUT2D eigenvalue weighted by atomic mass is 10.2. The number of aliphatic carboxylic acids is 1. The van der Waals surface area contributed by atoms with Crippen molar-refractivity contribution >= 4 is 16.2 Å². The molecule has 0 saturated carbocycles. The lowest BCUT2D eigenvalue weighted by Gasteiger charge is -2.27. The number of aromatic nitrogens is 2. The molecule has 0 spiro atoms. The van der Waals surface area contributed by atoms with Crippen molar-refractivity contribution < 1.29 is 23.1 Å². The van der Waals surface area contributed by atoms with Crippen LogP contribution < -0.4 is 4.72 Å². The standard InChI is InChI=1S/C10H16N4O5S/c1-13-7-8(6-11-13)9(10(15)16)12-20(17,18)14-2-4-19-5-3-14/h6-7,9,12H,2-5H2,1H3,(H,15,16). The van der Waals surface area contributed by atoms with Crippen LogP contribution in [0, 0.1) is 0 Å². The van der Waals surface area contributed by atoms with E-state index in [1.54, 1.807) is 7.05 Å². The maximum Gasteiger partial charge on any atom is 0.326 e. The van der Waals surface area contributed by atoms with Crippen molar-refractivity contribution in [1.82, 2.24) is 18.8 Å². The van der Waals surface area contributed by atoms with Crippen molar-refractivity contribution in [2.75, 3.05) is 26.3 Å². The van der Waals surface area contributed by atoms with E-state index in [2.05, 4.69) is 9.82 Å². The van der Waals surface area contributed by atoms with Crippen molar-refractivity contribution in [2.24, 2.45) is 7.05 Å². The number of carbonyl (C=O) groups is 1. The number of aryl methyl sites for hydroxylation is 1. The Balaban J connectivity index is 2.17. The van der Waals surface area contributed by atoms with Gasteiger partial charge in [-0.1, -0.05) is 0 Å². The van der Waals surface area contributed by atoms with Crippen LogP contribution in [-0.2, 0) is 26.8 Å². The molecule has 1 atom stereocenters. The summed E-state index contributed by atoms with van der Waals surface area (Å²) in [6, 6.07) is -1.36. The number of hydrogen-bond donors (Lipinski definition) is 2. The first-order valence-corrected chi connectivity index (χ1v) is 7.40. The molecule has 1 aromatic rings. The highest BCUT2D eigenvalue weighted by Gasteiger charge is 2.31. The van der Waals surface area contributed by atoms with E-state index in [0.717, 1.165) is 0 Å². The normalized spacial score (nSPS) is 18.9. The third kappa shape index (κ3) is 3.33. The number of carboxylic acid groups (broad SMARTS) is 1. The number of carboxylic acids is 1. The summed E-state index contributed by atoms with van der Waals surface area (Å²) < 4.78 is 34.1. The fraction of sp³-hybridized carbons (Fsp3) is 0.600. The summed E-state index contributed by atoms with van der Waals surface area (Å²) in [5, 5.41) is 13.0. The fourth-order valence-electron chi connectivity index (χ4n) is 1.86. The van der Waals surface area contributed by atoms with Crippen molar-refractivity contribution in [3.8, 4) is 0 Å². The summed E-state index contributed by atoms with van der Waals surface area (Å²) in [5.74, 6) is -1.28. The second kappa shape index (κ2) is 5.87. The number of ether oxygens (including phenoxy) is 1. The van der Waals surface area contributed by atoms with Crippen molar-refractivity contribution in [3.05, 3.63) is 18.0 Å². The molecule has 10 heteroatoms. The van der Waals surface area contributed by atoms with Gasteiger partial charge >= 0.3 is 5.97 Å². The van der Waals surface area contributed by atoms with Gasteiger partial charge in [-0.05, 0) is 0 Å². The summed E-state index contributed by atoms with van der Waals surface area (Å²) in [6.07, 6.45) is 2.78. The summed E-state index contributed by atoms with van der Waals surface area (Å²) >= 11 is 0. The summed E-state index contributed by atoms with van der Waals surface area (Å²) in [6.45, 7) is 1.00. The second-order valence-electron chi connectivity index (χ2n) is 4.35. The molecule has 20 heavy (non-hydrogen) atoms. The van der Waals surface area contributed by atoms with Crippen molar-refractivity contribution in [3.63, 3.8) is 0 Å². The molecular formula is C10H16N4O5S. The zero-order valence-electron chi connectivity index (χ0n) is 10.9. The number of rotatable bonds is 5. The quantitative estimate of drug-likeness (QED) is 0.700. The predicted molar refractivity (Wildman–Crippen MR) is 68.0 cm³/mol. The molecule has 1 saturated heterocycles. The van der Waals surface area contributed by atoms with Gasteiger partial charge in [-0.2, -0.15) is 22.5 Å². The molecular weight excluding hydrogens is 288 g/mol. The Morgan fingerprint density at radius 1 is 1.50 bits per heavy atom. The maximum atomic E-state index is 12.1. The first kappa shape index (κ1) is 14.9. The van der Waals surface area contributed by atoms with Crippen LogP contribution in [0.15, 0.2) is 12.4 Å². The van der Waals surface area contributed by atoms with Gasteiger partial charge in [-0.3, -0.25) is 9.48 Å². The second-order valence-corrected chi connectivity index (χ2v) is 6.06. The molecule has 0 aromatic carbocycles. The molecule has 0 radical (unpaired) electrons. The van der Waals surface area contributed by atoms with Gasteiger partial charge in [-0.25, -0.2) is 0 Å². The maximum absolute atomic E-state index is 12.1. The van der Waals surface area contributed by atoms with Crippen LogP contribution in [0.25, 0.3) is 0 Å². The molecule has 2 heterocycles. The van der Waals surface area contributed by atoms with Crippen molar-refractivity contribution in [2.45, 2.75) is 6.04 Å². The van der Waals surface area contributed by atoms with Crippen LogP contribution in [0.4, 0.5) is 0 Å². The van der Waals surface area contributed by atoms with E-state index in [1.165, 1.54) is 21.4 Å². The Morgan fingerprint density at radius 3 is 2.65 bits per heavy atom. The van der Waals surface area contributed by atoms with E-state index in [-0.39, 0.29) is 18.7 Å². The van der Waals surface area contributed by atoms with E-state index in [1.807, 2.05) is 0 Å². The van der Waals surface area contributed by atoms with Crippen LogP contribution in [0.2, 0.25) is 0 Å². The van der Waals surface area contributed by atoms with Crippen LogP contribution in [0.3, 0.4) is 0 Å². The Kier molecular flexibility index (Phi) is 4.38. The monoisotopic (exact) mass is 304 g/mol. The van der Waals surface area contributed by atoms with E-state index in [4.69, 9.17) is 4.74 Å². The van der Waals surface area contributed by atoms with Gasteiger partial charge in [0.05, 0.1) is 19.4 Å². The molecule has 1 aliphatic rings. The summed E-state index contributed by atoms with van der Waals surface area (Å²) in [4.78, 5) is 11.3. The van der Waals surface area contributed by atoms with E-state index >= 15 is 0 Å². The number of nitrogens with one attached hydrogen (secondary N) is 1. The largest absolute Gasteiger partial charge is 0.480 e. The lowest BCUT2D eigenvalue weighted by Crippen LogP contribution is -2.48. The predicted octanol–water partition coefficient (Wildman–Crippen LogP) is -1.29. The zero-order chi connectivity index (χ0) is 14.8. The van der Waals surface area contributed by atoms with Crippen LogP contribution in [-0.4, -0.2) is 59.9 Å². The van der Waals surface area contributed by atoms with Gasteiger partial charge in [0, 0.05) is 31.9 Å². The highest BCUT2D eigenvalue weighted by Crippen LogP contribution is 2.15. The molecule has 0 bridgehead atoms. The van der Waals surface area contributed by atoms with Crippen LogP contribution >= 0.6 is 0 Å². The van der Waals surface area contributed by atoms with Gasteiger partial charge in [0.15, 0.2) is 0 Å². The molecule has 9 nitrogen and oxygen atoms in total. The summed E-state index contributed by atoms with van der Waals surface area (Å²) in [7, 11) is -2.26. The highest BCUT2D eigenvalue weighted by atomic mass is 32.2. The van der Waals surface area contributed by atoms with Gasteiger partial charge in [0.25, 0.3) is 10.2 Å². The van der Waals surface area contributed by atoms with Gasteiger partial charge in [-0.15, -0.1) is 0 Å². The Morgan fingerprint density at radius 2 is 2.15 bits per heavy atom. The first-order chi connectivity index (χ1) is 9.40. The van der Waals surface area contributed by atoms with Gasteiger partial charge in [0.2, 0.25) is 0 Å². The average Bonchev–Trinajstić information content (AvgIpc) is 2.83. The third-order valence-electron chi connectivity index (χ3n) is 2.88. The average molecular weight is 304 g/mol. The molecule has 1 aliphatic heterocycles. The Hall–Kier alpha value is -1.49. The van der Waals surface area contributed by atoms with Crippen LogP contribution in [0.1, 0.15) is 11.6 Å². The van der Waals surface area contributed by atoms with Gasteiger partial charge in [0.1, 0.15) is 6.04 Å². The number of nitrogens with zero attached hydrogens (tertiary/aromatic N) is 3. The SMILES string of the molecule is Cn1cc(C(NS(=O)(=O)N2CCOCC2)C(=O)O)cn1. The molecule has 112 valence electrons. The number of morpholine rings is 1. The molecule has 0 amide bonds. The molecule has 2 rings (SSSR count). The molecule has 0 aliphatic carbocycles. The van der Waals surface area contributed by atoms with E-state index in [9.17, 15) is 18.3 Å². The number of hydrogen-bond acceptors (Lipinski definition) is 5. The molecule has 1 aromatic heterocycles. The lowest BCUT2D eigenvalue weighted by molar-refractivity contribution is -0.139. The smallest absolute Gasteiger partial charge is 0.326 e. The van der Waals surface area contributed by atoms with Crippen LogP contribution in [0.5, 0.6) is 0 Å². The minimum atomic E-state index is -3.88. The Bertz CT molecular complexity index is 578. The fourth-order valence-corrected chi connectivity index (χ4v) is 3.17. The molecule has 1 fully saturated rings. The van der Waals surface area contributed by atoms with Crippen molar-refractivity contribution in [1.29, 1.82) is 0 Å².